The van der Waals surface area contributed by atoms with Crippen molar-refractivity contribution in [3.8, 4) is 10.8 Å². The molecule has 0 aliphatic carbocycles. The number of carbonyl (C=O) groups is 1. The number of aromatic nitrogens is 4. The summed E-state index contributed by atoms with van der Waals surface area (Å²) >= 11 is 8.87. The van der Waals surface area contributed by atoms with E-state index >= 15 is 0 Å². The van der Waals surface area contributed by atoms with Crippen molar-refractivity contribution in [3.05, 3.63) is 22.4 Å². The third-order valence-electron chi connectivity index (χ3n) is 6.36. The van der Waals surface area contributed by atoms with Gasteiger partial charge >= 0.3 is 6.09 Å². The predicted molar refractivity (Wildman–Crippen MR) is 146 cm³/mol. The van der Waals surface area contributed by atoms with Gasteiger partial charge in [-0.3, -0.25) is 4.40 Å². The second-order valence-electron chi connectivity index (χ2n) is 9.90. The van der Waals surface area contributed by atoms with Gasteiger partial charge in [0.1, 0.15) is 12.1 Å². The first-order valence-corrected chi connectivity index (χ1v) is 14.3. The summed E-state index contributed by atoms with van der Waals surface area (Å²) in [5.41, 5.74) is 1.30. The van der Waals surface area contributed by atoms with Crippen LogP contribution in [0.2, 0.25) is 5.15 Å². The van der Waals surface area contributed by atoms with Crippen LogP contribution >= 0.6 is 34.9 Å². The van der Waals surface area contributed by atoms with E-state index in [0.29, 0.717) is 63.9 Å². The van der Waals surface area contributed by atoms with Gasteiger partial charge in [0.2, 0.25) is 0 Å². The van der Waals surface area contributed by atoms with Gasteiger partial charge in [-0.1, -0.05) is 22.9 Å². The van der Waals surface area contributed by atoms with Gasteiger partial charge in [0.05, 0.1) is 24.4 Å². The average molecular weight is 603 g/mol. The summed E-state index contributed by atoms with van der Waals surface area (Å²) in [5, 5.41) is 7.66. The molecule has 0 unspecified atom stereocenters. The third kappa shape index (κ3) is 6.23. The number of nitrogens with zero attached hydrogens (tertiary/aromatic N) is 7. The topological polar surface area (TPSA) is 100 Å². The van der Waals surface area contributed by atoms with Gasteiger partial charge in [0.15, 0.2) is 21.0 Å². The second kappa shape index (κ2) is 11.7. The molecule has 2 aliphatic heterocycles. The lowest BCUT2D eigenvalue weighted by Crippen LogP contribution is -2.55. The predicted octanol–water partition coefficient (Wildman–Crippen LogP) is 3.65. The summed E-state index contributed by atoms with van der Waals surface area (Å²) in [6, 6.07) is 2.02. The number of alkyl halides is 2. The number of hydrogen-bond acceptors (Lipinski definition) is 11. The van der Waals surface area contributed by atoms with E-state index in [4.69, 9.17) is 21.1 Å². The highest BCUT2D eigenvalue weighted by Gasteiger charge is 2.33. The number of halogens is 3. The van der Waals surface area contributed by atoms with E-state index in [1.165, 1.54) is 11.9 Å². The summed E-state index contributed by atoms with van der Waals surface area (Å²) in [5.74, 6) is 0.337. The number of pyridine rings is 1. The zero-order valence-corrected chi connectivity index (χ0v) is 24.1. The summed E-state index contributed by atoms with van der Waals surface area (Å²) in [6.07, 6.45) is -1.20. The largest absolute Gasteiger partial charge is 0.448 e. The number of piperazine rings is 1. The SMILES string of the molecule is CN(C)CCOC(=O)N1CCN(c2cc(SNC3(C)COC3)cn3c(-c4nnc(C(F)F)s4)nc(Cl)c23)CC1. The van der Waals surface area contributed by atoms with Gasteiger partial charge in [-0.25, -0.2) is 23.3 Å². The van der Waals surface area contributed by atoms with Crippen molar-refractivity contribution >= 4 is 52.2 Å². The molecule has 0 atom stereocenters. The Kier molecular flexibility index (Phi) is 8.45. The molecular weight excluding hydrogens is 574 g/mol. The maximum atomic E-state index is 13.2. The molecule has 1 amide bonds. The summed E-state index contributed by atoms with van der Waals surface area (Å²) in [7, 11) is 3.84. The van der Waals surface area contributed by atoms with Crippen LogP contribution in [0.5, 0.6) is 0 Å². The van der Waals surface area contributed by atoms with E-state index in [9.17, 15) is 13.6 Å². The first-order chi connectivity index (χ1) is 18.6. The number of ether oxygens (including phenoxy) is 2. The minimum absolute atomic E-state index is 0.154. The number of fused-ring (bicyclic) bond motifs is 1. The van der Waals surface area contributed by atoms with E-state index in [1.807, 2.05) is 31.3 Å². The van der Waals surface area contributed by atoms with Crippen molar-refractivity contribution in [1.82, 2.24) is 34.1 Å². The number of anilines is 1. The van der Waals surface area contributed by atoms with Crippen LogP contribution in [0, 0.1) is 0 Å². The molecule has 2 aliphatic rings. The average Bonchev–Trinajstić information content (AvgIpc) is 3.51. The van der Waals surface area contributed by atoms with Crippen molar-refractivity contribution in [2.24, 2.45) is 0 Å². The van der Waals surface area contributed by atoms with E-state index in [0.717, 1.165) is 21.9 Å². The molecule has 1 N–H and O–H groups in total. The molecule has 3 aromatic rings. The summed E-state index contributed by atoms with van der Waals surface area (Å²) in [6.45, 7) is 6.32. The minimum Gasteiger partial charge on any atom is -0.448 e. The van der Waals surface area contributed by atoms with Crippen molar-refractivity contribution < 1.29 is 23.0 Å². The highest BCUT2D eigenvalue weighted by molar-refractivity contribution is 7.97. The molecule has 212 valence electrons. The number of rotatable bonds is 9. The lowest BCUT2D eigenvalue weighted by atomic mass is 10.0. The van der Waals surface area contributed by atoms with Crippen LogP contribution in [-0.2, 0) is 9.47 Å². The Morgan fingerprint density at radius 2 is 2.05 bits per heavy atom. The molecule has 5 heterocycles. The molecule has 0 aromatic carbocycles. The van der Waals surface area contributed by atoms with Crippen LogP contribution in [0.3, 0.4) is 0 Å². The van der Waals surface area contributed by atoms with Crippen molar-refractivity contribution in [3.63, 3.8) is 0 Å². The lowest BCUT2D eigenvalue weighted by molar-refractivity contribution is -0.0510. The van der Waals surface area contributed by atoms with E-state index in [1.54, 1.807) is 9.30 Å². The van der Waals surface area contributed by atoms with Gasteiger partial charge in [-0.05, 0) is 39.0 Å². The smallest absolute Gasteiger partial charge is 0.409 e. The zero-order valence-electron chi connectivity index (χ0n) is 21.7. The Hall–Kier alpha value is -2.30. The first-order valence-electron chi connectivity index (χ1n) is 12.3. The van der Waals surface area contributed by atoms with E-state index < -0.39 is 6.43 Å². The summed E-state index contributed by atoms with van der Waals surface area (Å²) in [4.78, 5) is 23.6. The molecule has 0 radical (unpaired) electrons. The van der Waals surface area contributed by atoms with Gasteiger partial charge < -0.3 is 24.2 Å². The molecule has 11 nitrogen and oxygen atoms in total. The number of likely N-dealkylation sites (N-methyl/N-ethyl adjacent to an activating group) is 1. The number of nitrogens with one attached hydrogen (secondary N) is 1. The molecule has 0 bridgehead atoms. The van der Waals surface area contributed by atoms with Gasteiger partial charge in [0.25, 0.3) is 6.43 Å². The lowest BCUT2D eigenvalue weighted by Gasteiger charge is -2.38. The summed E-state index contributed by atoms with van der Waals surface area (Å²) < 4.78 is 42.4. The molecule has 5 rings (SSSR count). The number of amides is 1. The van der Waals surface area contributed by atoms with Crippen LogP contribution in [0.15, 0.2) is 17.2 Å². The number of imidazole rings is 1. The monoisotopic (exact) mass is 602 g/mol. The molecule has 2 fully saturated rings. The van der Waals surface area contributed by atoms with Crippen LogP contribution in [0.4, 0.5) is 19.3 Å². The highest BCUT2D eigenvalue weighted by atomic mass is 35.5. The molecule has 39 heavy (non-hydrogen) atoms. The Balaban J connectivity index is 1.42. The number of carbonyl (C=O) groups excluding carboxylic acids is 1. The highest BCUT2D eigenvalue weighted by Crippen LogP contribution is 2.38. The third-order valence-corrected chi connectivity index (χ3v) is 8.61. The Bertz CT molecular complexity index is 1330. The molecule has 16 heteroatoms. The first kappa shape index (κ1) is 28.2. The molecular formula is C23H29ClF2N8O3S2. The standard InChI is InChI=1S/C23H29ClF2N8O3S2/c1-23(12-36-13-23)30-39-14-10-15(32-4-6-33(7-5-32)22(35)37-9-8-31(2)3)16-17(24)27-19(34(16)11-14)21-29-28-20(38-21)18(25)26/h10-11,18,30H,4-9,12-13H2,1-3H3. The Labute approximate surface area is 237 Å². The molecule has 2 saturated heterocycles. The number of hydrogen-bond donors (Lipinski definition) is 1. The van der Waals surface area contributed by atoms with Crippen molar-refractivity contribution in [1.29, 1.82) is 0 Å². The minimum atomic E-state index is -2.72. The van der Waals surface area contributed by atoms with Gasteiger partial charge in [-0.15, -0.1) is 10.2 Å². The van der Waals surface area contributed by atoms with Crippen LogP contribution in [0.25, 0.3) is 16.3 Å². The Morgan fingerprint density at radius 1 is 1.31 bits per heavy atom. The van der Waals surface area contributed by atoms with Crippen LogP contribution in [0.1, 0.15) is 18.4 Å². The van der Waals surface area contributed by atoms with Crippen LogP contribution in [-0.4, -0.2) is 108 Å². The Morgan fingerprint density at radius 3 is 2.67 bits per heavy atom. The molecule has 3 aromatic heterocycles. The van der Waals surface area contributed by atoms with Crippen molar-refractivity contribution in [2.45, 2.75) is 23.8 Å². The van der Waals surface area contributed by atoms with Gasteiger partial charge in [0, 0.05) is 43.8 Å². The quantitative estimate of drug-likeness (QED) is 0.365. The fourth-order valence-electron chi connectivity index (χ4n) is 4.17. The normalized spacial score (nSPS) is 17.3. The maximum absolute atomic E-state index is 13.2. The van der Waals surface area contributed by atoms with Crippen LogP contribution < -0.4 is 9.62 Å². The van der Waals surface area contributed by atoms with E-state index in [2.05, 4.69) is 31.7 Å². The van der Waals surface area contributed by atoms with E-state index in [-0.39, 0.29) is 26.8 Å². The molecule has 0 saturated carbocycles. The van der Waals surface area contributed by atoms with Gasteiger partial charge in [-0.2, -0.15) is 0 Å². The zero-order chi connectivity index (χ0) is 27.7. The van der Waals surface area contributed by atoms with Crippen molar-refractivity contribution in [2.75, 3.05) is 71.5 Å². The maximum Gasteiger partial charge on any atom is 0.409 e. The fourth-order valence-corrected chi connectivity index (χ4v) is 5.94. The fraction of sp³-hybridized carbons (Fsp3) is 0.565. The second-order valence-corrected chi connectivity index (χ2v) is 12.1. The molecule has 0 spiro atoms.